The molecular weight excluding hydrogens is 330 g/mol. The molecule has 6 nitrogen and oxygen atoms in total. The molecule has 26 heavy (non-hydrogen) atoms. The predicted octanol–water partition coefficient (Wildman–Crippen LogP) is 3.43. The second-order valence-electron chi connectivity index (χ2n) is 5.82. The van der Waals surface area contributed by atoms with Crippen LogP contribution in [0, 0.1) is 0 Å². The van der Waals surface area contributed by atoms with E-state index in [2.05, 4.69) is 15.4 Å². The van der Waals surface area contributed by atoms with Crippen molar-refractivity contribution in [3.63, 3.8) is 0 Å². The second kappa shape index (κ2) is 8.62. The second-order valence-corrected chi connectivity index (χ2v) is 5.82. The largest absolute Gasteiger partial charge is 0.464 e. The third-order valence-corrected chi connectivity index (χ3v) is 4.04. The van der Waals surface area contributed by atoms with Crippen molar-refractivity contribution < 1.29 is 14.7 Å². The zero-order valence-corrected chi connectivity index (χ0v) is 14.1. The molecule has 2 aromatic carbocycles. The number of ether oxygens (including phenoxy) is 1. The summed E-state index contributed by atoms with van der Waals surface area (Å²) in [6.07, 6.45) is 0.256. The number of benzene rings is 2. The average molecular weight is 349 g/mol. The molecule has 3 rings (SSSR count). The molecule has 1 atom stereocenters. The normalized spacial score (nSPS) is 12.5. The SMILES string of the molecule is O=COC(CC(=NO)c1ccccc1)Cc1cc(-c2ccccc2)n[nH]1. The van der Waals surface area contributed by atoms with Gasteiger partial charge in [0.2, 0.25) is 0 Å². The van der Waals surface area contributed by atoms with Gasteiger partial charge in [-0.05, 0) is 11.6 Å². The number of hydrogen-bond acceptors (Lipinski definition) is 5. The highest BCUT2D eigenvalue weighted by Crippen LogP contribution is 2.19. The fourth-order valence-electron chi connectivity index (χ4n) is 2.78. The highest BCUT2D eigenvalue weighted by molar-refractivity contribution is 6.00. The van der Waals surface area contributed by atoms with Crippen molar-refractivity contribution in [1.29, 1.82) is 0 Å². The first-order valence-corrected chi connectivity index (χ1v) is 8.25. The van der Waals surface area contributed by atoms with E-state index < -0.39 is 6.10 Å². The summed E-state index contributed by atoms with van der Waals surface area (Å²) in [6, 6.07) is 21.0. The van der Waals surface area contributed by atoms with Crippen molar-refractivity contribution >= 4 is 12.2 Å². The van der Waals surface area contributed by atoms with Gasteiger partial charge in [0.1, 0.15) is 6.10 Å². The Morgan fingerprint density at radius 3 is 2.50 bits per heavy atom. The van der Waals surface area contributed by atoms with Gasteiger partial charge in [0.15, 0.2) is 0 Å². The van der Waals surface area contributed by atoms with Crippen LogP contribution in [0.4, 0.5) is 0 Å². The van der Waals surface area contributed by atoms with Crippen LogP contribution in [0.15, 0.2) is 71.9 Å². The molecule has 0 saturated heterocycles. The summed E-state index contributed by atoms with van der Waals surface area (Å²) in [5.74, 6) is 0. The van der Waals surface area contributed by atoms with Crippen molar-refractivity contribution in [3.05, 3.63) is 78.0 Å². The lowest BCUT2D eigenvalue weighted by Crippen LogP contribution is -2.21. The van der Waals surface area contributed by atoms with Crippen molar-refractivity contribution in [2.75, 3.05) is 0 Å². The maximum absolute atomic E-state index is 10.9. The zero-order valence-electron chi connectivity index (χ0n) is 14.1. The van der Waals surface area contributed by atoms with E-state index in [4.69, 9.17) is 4.74 Å². The Kier molecular flexibility index (Phi) is 5.77. The number of carbonyl (C=O) groups excluding carboxylic acids is 1. The molecule has 132 valence electrons. The summed E-state index contributed by atoms with van der Waals surface area (Å²) < 4.78 is 5.19. The lowest BCUT2D eigenvalue weighted by molar-refractivity contribution is -0.133. The van der Waals surface area contributed by atoms with E-state index in [1.807, 2.05) is 66.7 Å². The Morgan fingerprint density at radius 1 is 1.15 bits per heavy atom. The van der Waals surface area contributed by atoms with Crippen LogP contribution in [-0.2, 0) is 16.0 Å². The average Bonchev–Trinajstić information content (AvgIpc) is 3.16. The minimum absolute atomic E-state index is 0.291. The summed E-state index contributed by atoms with van der Waals surface area (Å²) in [5, 5.41) is 20.0. The molecule has 2 N–H and O–H groups in total. The fraction of sp³-hybridized carbons (Fsp3) is 0.150. The maximum atomic E-state index is 10.9. The molecule has 6 heteroatoms. The monoisotopic (exact) mass is 349 g/mol. The molecule has 3 aromatic rings. The van der Waals surface area contributed by atoms with Gasteiger partial charge in [-0.2, -0.15) is 5.10 Å². The molecule has 0 bridgehead atoms. The first kappa shape index (κ1) is 17.4. The highest BCUT2D eigenvalue weighted by atomic mass is 16.5. The van der Waals surface area contributed by atoms with Crippen LogP contribution in [0.2, 0.25) is 0 Å². The summed E-state index contributed by atoms with van der Waals surface area (Å²) >= 11 is 0. The van der Waals surface area contributed by atoms with Gasteiger partial charge in [-0.15, -0.1) is 0 Å². The number of nitrogens with one attached hydrogen (secondary N) is 1. The Labute approximate surface area is 151 Å². The minimum atomic E-state index is -0.470. The first-order chi connectivity index (χ1) is 12.8. The van der Waals surface area contributed by atoms with Gasteiger partial charge in [-0.3, -0.25) is 9.89 Å². The fourth-order valence-corrected chi connectivity index (χ4v) is 2.78. The Hall–Kier alpha value is -3.41. The molecule has 1 heterocycles. The van der Waals surface area contributed by atoms with Gasteiger partial charge in [0.05, 0.1) is 11.4 Å². The van der Waals surface area contributed by atoms with Crippen LogP contribution in [-0.4, -0.2) is 33.7 Å². The van der Waals surface area contributed by atoms with Gasteiger partial charge in [-0.25, -0.2) is 0 Å². The van der Waals surface area contributed by atoms with Crippen LogP contribution >= 0.6 is 0 Å². The van der Waals surface area contributed by atoms with E-state index in [0.29, 0.717) is 25.0 Å². The number of oxime groups is 1. The van der Waals surface area contributed by atoms with E-state index in [-0.39, 0.29) is 0 Å². The van der Waals surface area contributed by atoms with Gasteiger partial charge in [-0.1, -0.05) is 65.8 Å². The summed E-state index contributed by atoms with van der Waals surface area (Å²) in [6.45, 7) is 0.416. The van der Waals surface area contributed by atoms with Crippen molar-refractivity contribution in [2.45, 2.75) is 18.9 Å². The summed E-state index contributed by atoms with van der Waals surface area (Å²) in [5.41, 5.74) is 3.90. The lowest BCUT2D eigenvalue weighted by Gasteiger charge is -2.15. The van der Waals surface area contributed by atoms with E-state index in [1.165, 1.54) is 0 Å². The Morgan fingerprint density at radius 2 is 1.85 bits per heavy atom. The van der Waals surface area contributed by atoms with E-state index in [9.17, 15) is 10.0 Å². The molecule has 0 radical (unpaired) electrons. The van der Waals surface area contributed by atoms with Gasteiger partial charge >= 0.3 is 0 Å². The van der Waals surface area contributed by atoms with E-state index >= 15 is 0 Å². The lowest BCUT2D eigenvalue weighted by atomic mass is 10.0. The molecule has 0 aliphatic rings. The number of aromatic nitrogens is 2. The number of rotatable bonds is 8. The number of H-pyrrole nitrogens is 1. The third-order valence-electron chi connectivity index (χ3n) is 4.04. The van der Waals surface area contributed by atoms with E-state index in [1.54, 1.807) is 0 Å². The molecular formula is C20H19N3O3. The van der Waals surface area contributed by atoms with E-state index in [0.717, 1.165) is 22.5 Å². The summed E-state index contributed by atoms with van der Waals surface area (Å²) in [4.78, 5) is 10.9. The van der Waals surface area contributed by atoms with Crippen LogP contribution in [0.25, 0.3) is 11.3 Å². The van der Waals surface area contributed by atoms with Crippen molar-refractivity contribution in [1.82, 2.24) is 10.2 Å². The van der Waals surface area contributed by atoms with Gasteiger partial charge < -0.3 is 9.94 Å². The number of carbonyl (C=O) groups is 1. The van der Waals surface area contributed by atoms with Crippen molar-refractivity contribution in [3.8, 4) is 11.3 Å². The number of aromatic amines is 1. The molecule has 1 aromatic heterocycles. The molecule has 0 aliphatic heterocycles. The molecule has 0 fully saturated rings. The van der Waals surface area contributed by atoms with Crippen LogP contribution in [0.3, 0.4) is 0 Å². The van der Waals surface area contributed by atoms with Gasteiger partial charge in [0.25, 0.3) is 6.47 Å². The highest BCUT2D eigenvalue weighted by Gasteiger charge is 2.18. The molecule has 1 unspecified atom stereocenters. The standard InChI is InChI=1S/C20H19N3O3/c24-14-26-18(13-20(23-25)16-9-5-2-6-10-16)11-17-12-19(22-21-17)15-7-3-1-4-8-15/h1-10,12,14,18,25H,11,13H2,(H,21,22). The smallest absolute Gasteiger partial charge is 0.293 e. The number of hydrogen-bond donors (Lipinski definition) is 2. The molecule has 0 spiro atoms. The predicted molar refractivity (Wildman–Crippen MR) is 98.0 cm³/mol. The van der Waals surface area contributed by atoms with Crippen LogP contribution < -0.4 is 0 Å². The van der Waals surface area contributed by atoms with Crippen LogP contribution in [0.5, 0.6) is 0 Å². The van der Waals surface area contributed by atoms with Crippen molar-refractivity contribution in [2.24, 2.45) is 5.16 Å². The number of nitrogens with zero attached hydrogens (tertiary/aromatic N) is 2. The molecule has 0 aliphatic carbocycles. The molecule has 0 saturated carbocycles. The molecule has 0 amide bonds. The maximum Gasteiger partial charge on any atom is 0.293 e. The Balaban J connectivity index is 1.73. The minimum Gasteiger partial charge on any atom is -0.464 e. The van der Waals surface area contributed by atoms with Crippen LogP contribution in [0.1, 0.15) is 17.7 Å². The Bertz CT molecular complexity index is 860. The summed E-state index contributed by atoms with van der Waals surface area (Å²) in [7, 11) is 0. The zero-order chi connectivity index (χ0) is 18.2. The topological polar surface area (TPSA) is 87.6 Å². The quantitative estimate of drug-likeness (QED) is 0.282. The third kappa shape index (κ3) is 4.36. The first-order valence-electron chi connectivity index (χ1n) is 8.25. The van der Waals surface area contributed by atoms with Gasteiger partial charge in [0, 0.05) is 24.1 Å².